The van der Waals surface area contributed by atoms with Crippen molar-refractivity contribution in [3.8, 4) is 11.1 Å². The number of aromatic nitrogens is 2. The lowest BCUT2D eigenvalue weighted by atomic mass is 10.1. The van der Waals surface area contributed by atoms with E-state index in [0.29, 0.717) is 16.3 Å². The van der Waals surface area contributed by atoms with Crippen LogP contribution in [-0.2, 0) is 0 Å². The predicted octanol–water partition coefficient (Wildman–Crippen LogP) is 1.98. The third kappa shape index (κ3) is 1.79. The van der Waals surface area contributed by atoms with E-state index in [-0.39, 0.29) is 5.82 Å². The van der Waals surface area contributed by atoms with E-state index in [1.807, 2.05) is 18.2 Å². The highest BCUT2D eigenvalue weighted by atomic mass is 35.5. The van der Waals surface area contributed by atoms with E-state index >= 15 is 0 Å². The number of aromatic amines is 1. The Labute approximate surface area is 97.1 Å². The van der Waals surface area contributed by atoms with Crippen molar-refractivity contribution in [3.63, 3.8) is 0 Å². The molecule has 82 valence electrons. The average molecular weight is 236 g/mol. The maximum Gasteiger partial charge on any atom is 0.347 e. The number of hydrogen-bond acceptors (Lipinski definition) is 3. The molecular weight excluding hydrogens is 226 g/mol. The van der Waals surface area contributed by atoms with Crippen LogP contribution in [0.3, 0.4) is 0 Å². The molecule has 1 aromatic heterocycles. The van der Waals surface area contributed by atoms with Gasteiger partial charge in [-0.25, -0.2) is 4.79 Å². The summed E-state index contributed by atoms with van der Waals surface area (Å²) in [6.07, 6.45) is 0. The molecule has 0 saturated carbocycles. The average Bonchev–Trinajstić information content (AvgIpc) is 2.19. The van der Waals surface area contributed by atoms with Crippen LogP contribution in [-0.4, -0.2) is 9.97 Å². The molecule has 0 spiro atoms. The molecule has 5 heteroatoms. The highest BCUT2D eigenvalue weighted by Gasteiger charge is 2.11. The van der Waals surface area contributed by atoms with Crippen LogP contribution in [0.25, 0.3) is 11.1 Å². The molecular formula is C11H10ClN3O. The number of rotatable bonds is 1. The summed E-state index contributed by atoms with van der Waals surface area (Å²) in [5, 5.41) is 0.575. The number of nitrogen functional groups attached to an aromatic ring is 1. The molecule has 0 amide bonds. The Bertz CT molecular complexity index is 566. The largest absolute Gasteiger partial charge is 0.383 e. The number of H-pyrrole nitrogens is 1. The van der Waals surface area contributed by atoms with Gasteiger partial charge in [0.05, 0.1) is 0 Å². The Morgan fingerprint density at radius 2 is 2.06 bits per heavy atom. The lowest BCUT2D eigenvalue weighted by molar-refractivity contribution is 1.04. The molecule has 0 fully saturated rings. The highest BCUT2D eigenvalue weighted by Crippen LogP contribution is 2.31. The Kier molecular flexibility index (Phi) is 2.66. The Morgan fingerprint density at radius 1 is 1.38 bits per heavy atom. The molecule has 0 aliphatic carbocycles. The molecule has 0 atom stereocenters. The molecule has 0 aliphatic rings. The number of aryl methyl sites for hydroxylation is 1. The van der Waals surface area contributed by atoms with Crippen molar-refractivity contribution in [3.05, 3.63) is 45.5 Å². The smallest absolute Gasteiger partial charge is 0.347 e. The summed E-state index contributed by atoms with van der Waals surface area (Å²) in [7, 11) is 0. The van der Waals surface area contributed by atoms with E-state index < -0.39 is 5.69 Å². The van der Waals surface area contributed by atoms with Gasteiger partial charge in [-0.05, 0) is 13.0 Å². The van der Waals surface area contributed by atoms with Gasteiger partial charge in [0.2, 0.25) is 0 Å². The van der Waals surface area contributed by atoms with Gasteiger partial charge in [-0.3, -0.25) is 0 Å². The fraction of sp³-hybridized carbons (Fsp3) is 0.0909. The molecule has 3 N–H and O–H groups in total. The fourth-order valence-electron chi connectivity index (χ4n) is 1.61. The molecule has 2 rings (SSSR count). The minimum absolute atomic E-state index is 0.189. The summed E-state index contributed by atoms with van der Waals surface area (Å²) in [6, 6.07) is 7.28. The molecule has 4 nitrogen and oxygen atoms in total. The minimum Gasteiger partial charge on any atom is -0.383 e. The van der Waals surface area contributed by atoms with Crippen molar-refractivity contribution in [1.29, 1.82) is 0 Å². The lowest BCUT2D eigenvalue weighted by Crippen LogP contribution is -2.15. The summed E-state index contributed by atoms with van der Waals surface area (Å²) in [5.41, 5.74) is 7.38. The van der Waals surface area contributed by atoms with Crippen LogP contribution in [0.5, 0.6) is 0 Å². The van der Waals surface area contributed by atoms with E-state index in [9.17, 15) is 4.79 Å². The summed E-state index contributed by atoms with van der Waals surface area (Å²) < 4.78 is 0. The van der Waals surface area contributed by atoms with E-state index in [4.69, 9.17) is 17.3 Å². The summed E-state index contributed by atoms with van der Waals surface area (Å²) in [4.78, 5) is 17.4. The minimum atomic E-state index is -0.453. The van der Waals surface area contributed by atoms with Gasteiger partial charge in [0.1, 0.15) is 5.82 Å². The number of nitrogens with zero attached hydrogens (tertiary/aromatic N) is 1. The molecule has 1 aromatic carbocycles. The molecule has 0 bridgehead atoms. The zero-order valence-corrected chi connectivity index (χ0v) is 9.38. The van der Waals surface area contributed by atoms with Gasteiger partial charge in [-0.1, -0.05) is 29.8 Å². The van der Waals surface area contributed by atoms with Gasteiger partial charge in [0, 0.05) is 21.8 Å². The topological polar surface area (TPSA) is 71.8 Å². The quantitative estimate of drug-likeness (QED) is 0.794. The molecule has 1 heterocycles. The first kappa shape index (κ1) is 10.7. The van der Waals surface area contributed by atoms with Crippen molar-refractivity contribution in [2.24, 2.45) is 0 Å². The Morgan fingerprint density at radius 3 is 2.69 bits per heavy atom. The molecule has 2 aromatic rings. The van der Waals surface area contributed by atoms with Crippen LogP contribution < -0.4 is 11.4 Å². The number of nitrogens with one attached hydrogen (secondary N) is 1. The molecule has 16 heavy (non-hydrogen) atoms. The number of nitrogens with two attached hydrogens (primary N) is 1. The molecule has 0 unspecified atom stereocenters. The van der Waals surface area contributed by atoms with E-state index in [1.165, 1.54) is 0 Å². The van der Waals surface area contributed by atoms with Crippen LogP contribution in [0.1, 0.15) is 5.69 Å². The fourth-order valence-corrected chi connectivity index (χ4v) is 1.84. The number of hydrogen-bond donors (Lipinski definition) is 2. The zero-order chi connectivity index (χ0) is 11.7. The van der Waals surface area contributed by atoms with Crippen molar-refractivity contribution >= 4 is 17.4 Å². The third-order valence-electron chi connectivity index (χ3n) is 2.29. The first-order chi connectivity index (χ1) is 7.59. The van der Waals surface area contributed by atoms with Crippen LogP contribution >= 0.6 is 11.6 Å². The summed E-state index contributed by atoms with van der Waals surface area (Å²) in [6.45, 7) is 1.76. The Balaban J connectivity index is 2.75. The number of halogens is 1. The monoisotopic (exact) mass is 235 g/mol. The second kappa shape index (κ2) is 3.98. The van der Waals surface area contributed by atoms with E-state index in [2.05, 4.69) is 9.97 Å². The second-order valence-electron chi connectivity index (χ2n) is 3.41. The molecule has 0 radical (unpaired) electrons. The van der Waals surface area contributed by atoms with Crippen molar-refractivity contribution in [2.45, 2.75) is 6.92 Å². The first-order valence-electron chi connectivity index (χ1n) is 4.71. The van der Waals surface area contributed by atoms with Gasteiger partial charge in [-0.2, -0.15) is 4.98 Å². The third-order valence-corrected chi connectivity index (χ3v) is 2.62. The SMILES string of the molecule is Cc1[nH]c(=O)nc(N)c1-c1ccccc1Cl. The second-order valence-corrected chi connectivity index (χ2v) is 3.81. The predicted molar refractivity (Wildman–Crippen MR) is 64.5 cm³/mol. The highest BCUT2D eigenvalue weighted by molar-refractivity contribution is 6.33. The number of benzene rings is 1. The molecule has 0 aliphatic heterocycles. The normalized spacial score (nSPS) is 10.4. The van der Waals surface area contributed by atoms with Crippen LogP contribution in [0, 0.1) is 6.92 Å². The van der Waals surface area contributed by atoms with Crippen molar-refractivity contribution in [2.75, 3.05) is 5.73 Å². The maximum atomic E-state index is 11.1. The van der Waals surface area contributed by atoms with Gasteiger partial charge < -0.3 is 10.7 Å². The van der Waals surface area contributed by atoms with Gasteiger partial charge in [-0.15, -0.1) is 0 Å². The maximum absolute atomic E-state index is 11.1. The molecule has 0 saturated heterocycles. The lowest BCUT2D eigenvalue weighted by Gasteiger charge is -2.09. The summed E-state index contributed by atoms with van der Waals surface area (Å²) in [5.74, 6) is 0.189. The van der Waals surface area contributed by atoms with E-state index in [1.54, 1.807) is 13.0 Å². The standard InChI is InChI=1S/C11H10ClN3O/c1-6-9(10(13)15-11(16)14-6)7-4-2-3-5-8(7)12/h2-5H,1H3,(H3,13,14,15,16). The van der Waals surface area contributed by atoms with Crippen LogP contribution in [0.2, 0.25) is 5.02 Å². The van der Waals surface area contributed by atoms with Crippen LogP contribution in [0.4, 0.5) is 5.82 Å². The van der Waals surface area contributed by atoms with Gasteiger partial charge in [0.15, 0.2) is 0 Å². The number of anilines is 1. The van der Waals surface area contributed by atoms with E-state index in [0.717, 1.165) is 5.56 Å². The van der Waals surface area contributed by atoms with Crippen molar-refractivity contribution in [1.82, 2.24) is 9.97 Å². The van der Waals surface area contributed by atoms with Crippen LogP contribution in [0.15, 0.2) is 29.1 Å². The zero-order valence-electron chi connectivity index (χ0n) is 8.62. The van der Waals surface area contributed by atoms with Crippen molar-refractivity contribution < 1.29 is 0 Å². The Hall–Kier alpha value is -1.81. The summed E-state index contributed by atoms with van der Waals surface area (Å²) >= 11 is 6.07. The van der Waals surface area contributed by atoms with Gasteiger partial charge in [0.25, 0.3) is 0 Å². The first-order valence-corrected chi connectivity index (χ1v) is 5.08. The van der Waals surface area contributed by atoms with Gasteiger partial charge >= 0.3 is 5.69 Å².